The highest BCUT2D eigenvalue weighted by Crippen LogP contribution is 2.23. The van der Waals surface area contributed by atoms with Gasteiger partial charge in [0.1, 0.15) is 11.6 Å². The number of anilines is 3. The number of hydrogen-bond donors (Lipinski definition) is 2. The maximum atomic E-state index is 6.02. The summed E-state index contributed by atoms with van der Waals surface area (Å²) in [5, 5.41) is 7.34. The number of hydrogen-bond acceptors (Lipinski definition) is 5. The molecule has 1 heterocycles. The third-order valence-corrected chi connectivity index (χ3v) is 4.42. The summed E-state index contributed by atoms with van der Waals surface area (Å²) in [6.07, 6.45) is 0.839. The average molecular weight is 383 g/mol. The molecule has 0 aliphatic carbocycles. The number of nitrogens with one attached hydrogen (secondary N) is 2. The molecule has 6 heteroatoms. The maximum absolute atomic E-state index is 6.02. The van der Waals surface area contributed by atoms with E-state index in [0.717, 1.165) is 47.0 Å². The van der Waals surface area contributed by atoms with E-state index in [1.807, 2.05) is 56.3 Å². The molecule has 27 heavy (non-hydrogen) atoms. The van der Waals surface area contributed by atoms with Gasteiger partial charge in [-0.3, -0.25) is 0 Å². The Morgan fingerprint density at radius 2 is 1.85 bits per heavy atom. The van der Waals surface area contributed by atoms with Crippen LogP contribution in [0.15, 0.2) is 48.5 Å². The van der Waals surface area contributed by atoms with Gasteiger partial charge in [-0.2, -0.15) is 4.98 Å². The molecule has 0 aliphatic rings. The van der Waals surface area contributed by atoms with Gasteiger partial charge in [0, 0.05) is 29.0 Å². The van der Waals surface area contributed by atoms with Crippen LogP contribution >= 0.6 is 11.6 Å². The lowest BCUT2D eigenvalue weighted by Gasteiger charge is -2.12. The molecule has 2 aromatic carbocycles. The van der Waals surface area contributed by atoms with Crippen molar-refractivity contribution in [1.29, 1.82) is 0 Å². The summed E-state index contributed by atoms with van der Waals surface area (Å²) in [6, 6.07) is 15.7. The smallest absolute Gasteiger partial charge is 0.229 e. The quantitative estimate of drug-likeness (QED) is 0.591. The zero-order valence-electron chi connectivity index (χ0n) is 15.7. The highest BCUT2D eigenvalue weighted by molar-refractivity contribution is 6.30. The van der Waals surface area contributed by atoms with Crippen molar-refractivity contribution in [2.75, 3.05) is 24.3 Å². The average Bonchev–Trinajstić information content (AvgIpc) is 2.64. The Morgan fingerprint density at radius 3 is 2.63 bits per heavy atom. The van der Waals surface area contributed by atoms with Crippen molar-refractivity contribution in [2.24, 2.45) is 0 Å². The summed E-state index contributed by atoms with van der Waals surface area (Å²) in [5.41, 5.74) is 4.02. The van der Waals surface area contributed by atoms with Crippen molar-refractivity contribution in [1.82, 2.24) is 9.97 Å². The molecule has 0 saturated heterocycles. The minimum Gasteiger partial charge on any atom is -0.496 e. The Kier molecular flexibility index (Phi) is 6.14. The van der Waals surface area contributed by atoms with Crippen LogP contribution in [0.1, 0.15) is 16.8 Å². The fraction of sp³-hybridized carbons (Fsp3) is 0.238. The van der Waals surface area contributed by atoms with Gasteiger partial charge in [0.25, 0.3) is 0 Å². The Labute approximate surface area is 164 Å². The van der Waals surface area contributed by atoms with Crippen LogP contribution in [0.4, 0.5) is 17.5 Å². The van der Waals surface area contributed by atoms with Crippen LogP contribution in [0.3, 0.4) is 0 Å². The lowest BCUT2D eigenvalue weighted by atomic mass is 10.1. The molecule has 0 atom stereocenters. The van der Waals surface area contributed by atoms with Crippen molar-refractivity contribution in [2.45, 2.75) is 20.3 Å². The van der Waals surface area contributed by atoms with Gasteiger partial charge in [-0.05, 0) is 55.7 Å². The zero-order chi connectivity index (χ0) is 19.2. The zero-order valence-corrected chi connectivity index (χ0v) is 16.5. The summed E-state index contributed by atoms with van der Waals surface area (Å²) in [6.45, 7) is 4.69. The summed E-state index contributed by atoms with van der Waals surface area (Å²) in [4.78, 5) is 9.04. The van der Waals surface area contributed by atoms with E-state index in [9.17, 15) is 0 Å². The van der Waals surface area contributed by atoms with E-state index in [-0.39, 0.29) is 0 Å². The second-order valence-electron chi connectivity index (χ2n) is 6.29. The minimum absolute atomic E-state index is 0.556. The molecule has 3 aromatic rings. The molecule has 0 bridgehead atoms. The number of rotatable bonds is 7. The second kappa shape index (κ2) is 8.73. The van der Waals surface area contributed by atoms with E-state index < -0.39 is 0 Å². The van der Waals surface area contributed by atoms with E-state index in [1.54, 1.807) is 7.11 Å². The van der Waals surface area contributed by atoms with Crippen LogP contribution in [0.5, 0.6) is 5.75 Å². The van der Waals surface area contributed by atoms with Crippen LogP contribution in [-0.2, 0) is 6.42 Å². The molecule has 0 saturated carbocycles. The summed E-state index contributed by atoms with van der Waals surface area (Å²) >= 11 is 6.02. The molecule has 0 aliphatic heterocycles. The Morgan fingerprint density at radius 1 is 1.04 bits per heavy atom. The third-order valence-electron chi connectivity index (χ3n) is 4.18. The predicted molar refractivity (Wildman–Crippen MR) is 111 cm³/mol. The lowest BCUT2D eigenvalue weighted by Crippen LogP contribution is -2.09. The van der Waals surface area contributed by atoms with Crippen molar-refractivity contribution in [3.63, 3.8) is 0 Å². The SMILES string of the molecule is COc1ccccc1CCNc1cc(C)nc(Nc2ccc(Cl)cc2C)n1. The fourth-order valence-corrected chi connectivity index (χ4v) is 3.06. The minimum atomic E-state index is 0.556. The Hall–Kier alpha value is -2.79. The number of benzene rings is 2. The number of aryl methyl sites for hydroxylation is 2. The number of aromatic nitrogens is 2. The molecule has 0 spiro atoms. The largest absolute Gasteiger partial charge is 0.496 e. The Balaban J connectivity index is 1.68. The van der Waals surface area contributed by atoms with Crippen LogP contribution in [0.25, 0.3) is 0 Å². The number of ether oxygens (including phenoxy) is 1. The van der Waals surface area contributed by atoms with E-state index >= 15 is 0 Å². The van der Waals surface area contributed by atoms with Gasteiger partial charge in [0.05, 0.1) is 7.11 Å². The number of nitrogens with zero attached hydrogens (tertiary/aromatic N) is 2. The van der Waals surface area contributed by atoms with E-state index in [1.165, 1.54) is 0 Å². The molecular weight excluding hydrogens is 360 g/mol. The molecule has 0 amide bonds. The first-order valence-electron chi connectivity index (χ1n) is 8.80. The van der Waals surface area contributed by atoms with Gasteiger partial charge < -0.3 is 15.4 Å². The standard InChI is InChI=1S/C21H23ClN4O/c1-14-12-17(22)8-9-18(14)25-21-24-15(2)13-20(26-21)23-11-10-16-6-4-5-7-19(16)27-3/h4-9,12-13H,10-11H2,1-3H3,(H2,23,24,25,26). The summed E-state index contributed by atoms with van der Waals surface area (Å²) in [5.74, 6) is 2.24. The molecule has 1 aromatic heterocycles. The first-order chi connectivity index (χ1) is 13.0. The predicted octanol–water partition coefficient (Wildman–Crippen LogP) is 5.15. The molecule has 0 unspecified atom stereocenters. The molecule has 2 N–H and O–H groups in total. The molecule has 5 nitrogen and oxygen atoms in total. The Bertz CT molecular complexity index is 930. The lowest BCUT2D eigenvalue weighted by molar-refractivity contribution is 0.410. The van der Waals surface area contributed by atoms with Crippen LogP contribution in [0.2, 0.25) is 5.02 Å². The van der Waals surface area contributed by atoms with Crippen molar-refractivity contribution in [3.05, 3.63) is 70.4 Å². The highest BCUT2D eigenvalue weighted by atomic mass is 35.5. The van der Waals surface area contributed by atoms with Gasteiger partial charge >= 0.3 is 0 Å². The van der Waals surface area contributed by atoms with Crippen molar-refractivity contribution >= 4 is 29.1 Å². The van der Waals surface area contributed by atoms with Crippen LogP contribution in [-0.4, -0.2) is 23.6 Å². The van der Waals surface area contributed by atoms with Gasteiger partial charge in [0.2, 0.25) is 5.95 Å². The fourth-order valence-electron chi connectivity index (χ4n) is 2.84. The van der Waals surface area contributed by atoms with Gasteiger partial charge in [0.15, 0.2) is 0 Å². The van der Waals surface area contributed by atoms with E-state index in [0.29, 0.717) is 11.0 Å². The van der Waals surface area contributed by atoms with Gasteiger partial charge in [-0.15, -0.1) is 0 Å². The summed E-state index contributed by atoms with van der Waals surface area (Å²) in [7, 11) is 1.69. The maximum Gasteiger partial charge on any atom is 0.229 e. The third kappa shape index (κ3) is 5.11. The highest BCUT2D eigenvalue weighted by Gasteiger charge is 2.06. The van der Waals surface area contributed by atoms with E-state index in [2.05, 4.69) is 26.7 Å². The molecule has 3 rings (SSSR count). The monoisotopic (exact) mass is 382 g/mol. The first-order valence-corrected chi connectivity index (χ1v) is 9.17. The number of halogens is 1. The van der Waals surface area contributed by atoms with Crippen LogP contribution < -0.4 is 15.4 Å². The molecule has 140 valence electrons. The normalized spacial score (nSPS) is 10.5. The van der Waals surface area contributed by atoms with E-state index in [4.69, 9.17) is 16.3 Å². The topological polar surface area (TPSA) is 59.1 Å². The van der Waals surface area contributed by atoms with Gasteiger partial charge in [-0.1, -0.05) is 29.8 Å². The molecule has 0 radical (unpaired) electrons. The summed E-state index contributed by atoms with van der Waals surface area (Å²) < 4.78 is 5.40. The first kappa shape index (κ1) is 19.0. The second-order valence-corrected chi connectivity index (χ2v) is 6.73. The van der Waals surface area contributed by atoms with Crippen molar-refractivity contribution in [3.8, 4) is 5.75 Å². The van der Waals surface area contributed by atoms with Crippen molar-refractivity contribution < 1.29 is 4.74 Å². The number of methoxy groups -OCH3 is 1. The molecular formula is C21H23ClN4O. The molecule has 0 fully saturated rings. The number of para-hydroxylation sites is 1. The van der Waals surface area contributed by atoms with Gasteiger partial charge in [-0.25, -0.2) is 4.98 Å². The van der Waals surface area contributed by atoms with Crippen LogP contribution in [0, 0.1) is 13.8 Å².